The van der Waals surface area contributed by atoms with Crippen molar-refractivity contribution in [1.29, 1.82) is 0 Å². The van der Waals surface area contributed by atoms with Gasteiger partial charge in [0.1, 0.15) is 0 Å². The molecule has 0 radical (unpaired) electrons. The van der Waals surface area contributed by atoms with Crippen LogP contribution in [0.4, 0.5) is 0 Å². The fourth-order valence-corrected chi connectivity index (χ4v) is 3.50. The van der Waals surface area contributed by atoms with Crippen molar-refractivity contribution in [3.05, 3.63) is 11.7 Å². The summed E-state index contributed by atoms with van der Waals surface area (Å²) >= 11 is 0. The molecule has 7 nitrogen and oxygen atoms in total. The Morgan fingerprint density at radius 3 is 2.92 bits per heavy atom. The van der Waals surface area contributed by atoms with Crippen molar-refractivity contribution >= 4 is 18.3 Å². The lowest BCUT2D eigenvalue weighted by Gasteiger charge is -2.32. The Morgan fingerprint density at radius 2 is 2.24 bits per heavy atom. The summed E-state index contributed by atoms with van der Waals surface area (Å²) in [6.07, 6.45) is 4.36. The highest BCUT2D eigenvalue weighted by molar-refractivity contribution is 5.85. The van der Waals surface area contributed by atoms with Crippen LogP contribution in [0.3, 0.4) is 0 Å². The molecule has 2 saturated heterocycles. The molecule has 1 aromatic heterocycles. The molecular formula is C17H30ClN5O2. The van der Waals surface area contributed by atoms with Crippen LogP contribution < -0.4 is 10.6 Å². The first kappa shape index (κ1) is 20.1. The SMILES string of the molecule is CC(C)c1noc(CN2CCCC(CNC(=O)C3CCCN3)C2)n1.Cl. The number of hydrogen-bond acceptors (Lipinski definition) is 6. The van der Waals surface area contributed by atoms with Crippen LogP contribution in [0.15, 0.2) is 4.52 Å². The van der Waals surface area contributed by atoms with Crippen LogP contribution in [0.25, 0.3) is 0 Å². The van der Waals surface area contributed by atoms with E-state index in [-0.39, 0.29) is 30.3 Å². The van der Waals surface area contributed by atoms with Gasteiger partial charge in [0.15, 0.2) is 5.82 Å². The highest BCUT2D eigenvalue weighted by Crippen LogP contribution is 2.18. The van der Waals surface area contributed by atoms with Crippen LogP contribution in [0.1, 0.15) is 57.2 Å². The summed E-state index contributed by atoms with van der Waals surface area (Å²) in [5.41, 5.74) is 0. The van der Waals surface area contributed by atoms with Crippen molar-refractivity contribution in [1.82, 2.24) is 25.7 Å². The van der Waals surface area contributed by atoms with E-state index in [1.54, 1.807) is 0 Å². The number of amides is 1. The molecule has 2 aliphatic heterocycles. The van der Waals surface area contributed by atoms with Gasteiger partial charge in [-0.15, -0.1) is 12.4 Å². The molecular weight excluding hydrogens is 342 g/mol. The van der Waals surface area contributed by atoms with Crippen LogP contribution in [0, 0.1) is 5.92 Å². The first-order chi connectivity index (χ1) is 11.6. The van der Waals surface area contributed by atoms with Gasteiger partial charge in [0.05, 0.1) is 12.6 Å². The molecule has 2 atom stereocenters. The molecule has 0 aliphatic carbocycles. The third-order valence-corrected chi connectivity index (χ3v) is 4.90. The van der Waals surface area contributed by atoms with Gasteiger partial charge in [-0.05, 0) is 44.7 Å². The molecule has 0 aromatic carbocycles. The summed E-state index contributed by atoms with van der Waals surface area (Å²) < 4.78 is 5.35. The number of halogens is 1. The quantitative estimate of drug-likeness (QED) is 0.791. The fourth-order valence-electron chi connectivity index (χ4n) is 3.50. The molecule has 142 valence electrons. The normalized spacial score (nSPS) is 24.3. The number of nitrogens with zero attached hydrogens (tertiary/aromatic N) is 3. The second-order valence-corrected chi connectivity index (χ2v) is 7.34. The molecule has 0 saturated carbocycles. The minimum Gasteiger partial charge on any atom is -0.354 e. The van der Waals surface area contributed by atoms with E-state index >= 15 is 0 Å². The van der Waals surface area contributed by atoms with Crippen LogP contribution in [-0.4, -0.2) is 53.2 Å². The molecule has 2 N–H and O–H groups in total. The topological polar surface area (TPSA) is 83.3 Å². The summed E-state index contributed by atoms with van der Waals surface area (Å²) in [5, 5.41) is 10.4. The molecule has 0 spiro atoms. The first-order valence-corrected chi connectivity index (χ1v) is 9.17. The average Bonchev–Trinajstić information content (AvgIpc) is 3.24. The Balaban J connectivity index is 0.00000225. The number of carbonyl (C=O) groups is 1. The van der Waals surface area contributed by atoms with Crippen molar-refractivity contribution in [2.45, 2.75) is 58.0 Å². The predicted octanol–water partition coefficient (Wildman–Crippen LogP) is 1.69. The van der Waals surface area contributed by atoms with E-state index in [2.05, 4.69) is 39.5 Å². The standard InChI is InChI=1S/C17H29N5O2.ClH/c1-12(2)16-20-15(24-21-16)11-22-8-4-5-13(10-22)9-19-17(23)14-6-3-7-18-14;/h12-14,18H,3-11H2,1-2H3,(H,19,23);1H. The van der Waals surface area contributed by atoms with Gasteiger partial charge in [-0.3, -0.25) is 9.69 Å². The summed E-state index contributed by atoms with van der Waals surface area (Å²) in [4.78, 5) is 18.9. The summed E-state index contributed by atoms with van der Waals surface area (Å²) in [7, 11) is 0. The maximum atomic E-state index is 12.1. The number of carbonyl (C=O) groups excluding carboxylic acids is 1. The molecule has 3 rings (SSSR count). The van der Waals surface area contributed by atoms with E-state index < -0.39 is 0 Å². The predicted molar refractivity (Wildman–Crippen MR) is 97.7 cm³/mol. The Bertz CT molecular complexity index is 545. The highest BCUT2D eigenvalue weighted by atomic mass is 35.5. The number of rotatable bonds is 6. The van der Waals surface area contributed by atoms with E-state index in [1.165, 1.54) is 0 Å². The minimum atomic E-state index is 0. The highest BCUT2D eigenvalue weighted by Gasteiger charge is 2.25. The van der Waals surface area contributed by atoms with Crippen molar-refractivity contribution in [3.8, 4) is 0 Å². The molecule has 25 heavy (non-hydrogen) atoms. The van der Waals surface area contributed by atoms with Gasteiger partial charge >= 0.3 is 0 Å². The zero-order valence-electron chi connectivity index (χ0n) is 15.2. The molecule has 3 heterocycles. The molecule has 1 amide bonds. The summed E-state index contributed by atoms with van der Waals surface area (Å²) in [6, 6.07) is 0.0116. The summed E-state index contributed by atoms with van der Waals surface area (Å²) in [6.45, 7) is 8.56. The molecule has 1 aromatic rings. The molecule has 8 heteroatoms. The van der Waals surface area contributed by atoms with Gasteiger partial charge in [0.2, 0.25) is 11.8 Å². The zero-order valence-corrected chi connectivity index (χ0v) is 16.0. The Labute approximate surface area is 155 Å². The van der Waals surface area contributed by atoms with E-state index in [9.17, 15) is 4.79 Å². The van der Waals surface area contributed by atoms with Crippen LogP contribution in [0.5, 0.6) is 0 Å². The Kier molecular flexibility index (Phi) is 7.65. The lowest BCUT2D eigenvalue weighted by Crippen LogP contribution is -2.45. The van der Waals surface area contributed by atoms with Crippen LogP contribution in [0.2, 0.25) is 0 Å². The van der Waals surface area contributed by atoms with Crippen molar-refractivity contribution < 1.29 is 9.32 Å². The number of hydrogen-bond donors (Lipinski definition) is 2. The minimum absolute atomic E-state index is 0. The van der Waals surface area contributed by atoms with Crippen molar-refractivity contribution in [2.24, 2.45) is 5.92 Å². The van der Waals surface area contributed by atoms with E-state index in [1.807, 2.05) is 0 Å². The monoisotopic (exact) mass is 371 g/mol. The summed E-state index contributed by atoms with van der Waals surface area (Å²) in [5.74, 6) is 2.41. The van der Waals surface area contributed by atoms with Gasteiger partial charge < -0.3 is 15.2 Å². The molecule has 2 aliphatic rings. The fraction of sp³-hybridized carbons (Fsp3) is 0.824. The Hall–Kier alpha value is -1.18. The van der Waals surface area contributed by atoms with E-state index in [0.717, 1.165) is 57.7 Å². The number of likely N-dealkylation sites (tertiary alicyclic amines) is 1. The second kappa shape index (κ2) is 9.50. The largest absolute Gasteiger partial charge is 0.354 e. The molecule has 2 fully saturated rings. The smallest absolute Gasteiger partial charge is 0.240 e. The Morgan fingerprint density at radius 1 is 1.40 bits per heavy atom. The van der Waals surface area contributed by atoms with Crippen molar-refractivity contribution in [2.75, 3.05) is 26.2 Å². The maximum absolute atomic E-state index is 12.1. The number of nitrogens with one attached hydrogen (secondary N) is 2. The lowest BCUT2D eigenvalue weighted by atomic mass is 9.98. The van der Waals surface area contributed by atoms with Crippen LogP contribution in [-0.2, 0) is 11.3 Å². The number of aromatic nitrogens is 2. The second-order valence-electron chi connectivity index (χ2n) is 7.34. The zero-order chi connectivity index (χ0) is 16.9. The third kappa shape index (κ3) is 5.66. The molecule has 0 bridgehead atoms. The van der Waals surface area contributed by atoms with Gasteiger partial charge in [0.25, 0.3) is 0 Å². The van der Waals surface area contributed by atoms with E-state index in [4.69, 9.17) is 4.52 Å². The average molecular weight is 372 g/mol. The van der Waals surface area contributed by atoms with Gasteiger partial charge in [0, 0.05) is 19.0 Å². The van der Waals surface area contributed by atoms with Gasteiger partial charge in [-0.1, -0.05) is 19.0 Å². The first-order valence-electron chi connectivity index (χ1n) is 9.17. The third-order valence-electron chi connectivity index (χ3n) is 4.90. The lowest BCUT2D eigenvalue weighted by molar-refractivity contribution is -0.123. The van der Waals surface area contributed by atoms with Crippen LogP contribution >= 0.6 is 12.4 Å². The number of piperidine rings is 1. The maximum Gasteiger partial charge on any atom is 0.240 e. The molecule has 2 unspecified atom stereocenters. The van der Waals surface area contributed by atoms with Gasteiger partial charge in [-0.25, -0.2) is 0 Å². The van der Waals surface area contributed by atoms with Crippen molar-refractivity contribution in [3.63, 3.8) is 0 Å². The van der Waals surface area contributed by atoms with Gasteiger partial charge in [-0.2, -0.15) is 4.98 Å². The van der Waals surface area contributed by atoms with E-state index in [0.29, 0.717) is 18.4 Å².